The standard InChI is InChI=1S/C14H15BrFNO/c1-3-17-9(2)13-6-7-14(18-13)10-4-5-11(15)12(16)8-10/h4-9,17H,3H2,1-2H3. The molecular formula is C14H15BrFNO. The van der Waals surface area contributed by atoms with E-state index in [0.717, 1.165) is 17.9 Å². The van der Waals surface area contributed by atoms with Crippen LogP contribution < -0.4 is 5.32 Å². The first kappa shape index (κ1) is 13.3. The SMILES string of the molecule is CCNC(C)c1ccc(-c2ccc(Br)c(F)c2)o1. The molecule has 0 aliphatic carbocycles. The summed E-state index contributed by atoms with van der Waals surface area (Å²) in [7, 11) is 0. The van der Waals surface area contributed by atoms with Crippen molar-refractivity contribution in [1.29, 1.82) is 0 Å². The van der Waals surface area contributed by atoms with E-state index < -0.39 is 0 Å². The monoisotopic (exact) mass is 311 g/mol. The van der Waals surface area contributed by atoms with Gasteiger partial charge in [-0.3, -0.25) is 0 Å². The maximum absolute atomic E-state index is 13.5. The van der Waals surface area contributed by atoms with Crippen LogP contribution in [0.5, 0.6) is 0 Å². The summed E-state index contributed by atoms with van der Waals surface area (Å²) in [5.41, 5.74) is 0.741. The van der Waals surface area contributed by atoms with Crippen molar-refractivity contribution in [2.24, 2.45) is 0 Å². The van der Waals surface area contributed by atoms with Gasteiger partial charge in [0, 0.05) is 5.56 Å². The van der Waals surface area contributed by atoms with E-state index in [1.54, 1.807) is 6.07 Å². The Hall–Kier alpha value is -1.13. The van der Waals surface area contributed by atoms with E-state index in [9.17, 15) is 4.39 Å². The lowest BCUT2D eigenvalue weighted by molar-refractivity contribution is 0.445. The maximum Gasteiger partial charge on any atom is 0.138 e. The van der Waals surface area contributed by atoms with Crippen LogP contribution in [0.1, 0.15) is 25.6 Å². The zero-order valence-corrected chi connectivity index (χ0v) is 11.9. The van der Waals surface area contributed by atoms with Crippen LogP contribution in [0.15, 0.2) is 39.2 Å². The lowest BCUT2D eigenvalue weighted by atomic mass is 10.2. The zero-order valence-electron chi connectivity index (χ0n) is 10.3. The highest BCUT2D eigenvalue weighted by Gasteiger charge is 2.11. The highest BCUT2D eigenvalue weighted by molar-refractivity contribution is 9.10. The van der Waals surface area contributed by atoms with Crippen molar-refractivity contribution in [1.82, 2.24) is 5.32 Å². The number of nitrogens with one attached hydrogen (secondary N) is 1. The molecule has 18 heavy (non-hydrogen) atoms. The Balaban J connectivity index is 2.26. The second-order valence-electron chi connectivity index (χ2n) is 4.11. The van der Waals surface area contributed by atoms with E-state index >= 15 is 0 Å². The van der Waals surface area contributed by atoms with Gasteiger partial charge >= 0.3 is 0 Å². The Bertz CT molecular complexity index is 538. The molecule has 2 rings (SSSR count). The first-order valence-corrected chi connectivity index (χ1v) is 6.69. The third kappa shape index (κ3) is 2.82. The van der Waals surface area contributed by atoms with Crippen LogP contribution in [0.4, 0.5) is 4.39 Å². The summed E-state index contributed by atoms with van der Waals surface area (Å²) in [6.07, 6.45) is 0. The number of furan rings is 1. The van der Waals surface area contributed by atoms with Crippen molar-refractivity contribution in [2.45, 2.75) is 19.9 Å². The molecule has 1 aromatic carbocycles. The molecule has 0 aliphatic rings. The van der Waals surface area contributed by atoms with Crippen LogP contribution in [-0.4, -0.2) is 6.54 Å². The first-order valence-electron chi connectivity index (χ1n) is 5.90. The second-order valence-corrected chi connectivity index (χ2v) is 4.96. The lowest BCUT2D eigenvalue weighted by Gasteiger charge is -2.08. The van der Waals surface area contributed by atoms with Gasteiger partial charge in [-0.15, -0.1) is 0 Å². The normalized spacial score (nSPS) is 12.7. The summed E-state index contributed by atoms with van der Waals surface area (Å²) in [5.74, 6) is 1.25. The molecule has 0 saturated heterocycles. The smallest absolute Gasteiger partial charge is 0.138 e. The average molecular weight is 312 g/mol. The van der Waals surface area contributed by atoms with Gasteiger partial charge < -0.3 is 9.73 Å². The highest BCUT2D eigenvalue weighted by Crippen LogP contribution is 2.28. The predicted molar refractivity (Wildman–Crippen MR) is 73.9 cm³/mol. The van der Waals surface area contributed by atoms with Crippen LogP contribution in [0, 0.1) is 5.82 Å². The summed E-state index contributed by atoms with van der Waals surface area (Å²) in [6, 6.07) is 8.91. The average Bonchev–Trinajstić information content (AvgIpc) is 2.82. The van der Waals surface area contributed by atoms with Gasteiger partial charge in [0.1, 0.15) is 17.3 Å². The van der Waals surface area contributed by atoms with Crippen LogP contribution >= 0.6 is 15.9 Å². The van der Waals surface area contributed by atoms with Gasteiger partial charge in [-0.2, -0.15) is 0 Å². The second kappa shape index (κ2) is 5.67. The Morgan fingerprint density at radius 2 is 2.11 bits per heavy atom. The number of halogens is 2. The zero-order chi connectivity index (χ0) is 13.1. The minimum absolute atomic E-state index is 0.157. The minimum Gasteiger partial charge on any atom is -0.459 e. The van der Waals surface area contributed by atoms with Crippen molar-refractivity contribution in [3.8, 4) is 11.3 Å². The van der Waals surface area contributed by atoms with Gasteiger partial charge in [-0.1, -0.05) is 6.92 Å². The molecular weight excluding hydrogens is 297 g/mol. The molecule has 1 N–H and O–H groups in total. The molecule has 1 atom stereocenters. The van der Waals surface area contributed by atoms with Gasteiger partial charge in [-0.05, 0) is 59.7 Å². The number of rotatable bonds is 4. The fraction of sp³-hybridized carbons (Fsp3) is 0.286. The molecule has 1 heterocycles. The van der Waals surface area contributed by atoms with Gasteiger partial charge in [0.25, 0.3) is 0 Å². The Morgan fingerprint density at radius 1 is 1.33 bits per heavy atom. The topological polar surface area (TPSA) is 25.2 Å². The predicted octanol–water partition coefficient (Wildman–Crippen LogP) is 4.52. The molecule has 0 fully saturated rings. The molecule has 4 heteroatoms. The Kier molecular flexibility index (Phi) is 4.19. The van der Waals surface area contributed by atoms with E-state index in [-0.39, 0.29) is 11.9 Å². The van der Waals surface area contributed by atoms with E-state index in [4.69, 9.17) is 4.42 Å². The molecule has 0 radical (unpaired) electrons. The van der Waals surface area contributed by atoms with Gasteiger partial charge in [0.2, 0.25) is 0 Å². The van der Waals surface area contributed by atoms with Gasteiger partial charge in [0.05, 0.1) is 10.5 Å². The summed E-state index contributed by atoms with van der Waals surface area (Å²) >= 11 is 3.14. The summed E-state index contributed by atoms with van der Waals surface area (Å²) in [5, 5.41) is 3.27. The van der Waals surface area contributed by atoms with Crippen LogP contribution in [0.2, 0.25) is 0 Å². The third-order valence-electron chi connectivity index (χ3n) is 2.77. The van der Waals surface area contributed by atoms with Crippen molar-refractivity contribution in [2.75, 3.05) is 6.54 Å². The molecule has 0 bridgehead atoms. The molecule has 0 saturated carbocycles. The van der Waals surface area contributed by atoms with Crippen molar-refractivity contribution >= 4 is 15.9 Å². The van der Waals surface area contributed by atoms with Gasteiger partial charge in [-0.25, -0.2) is 4.39 Å². The van der Waals surface area contributed by atoms with Crippen molar-refractivity contribution in [3.05, 3.63) is 46.4 Å². The third-order valence-corrected chi connectivity index (χ3v) is 3.41. The molecule has 0 spiro atoms. The van der Waals surface area contributed by atoms with Gasteiger partial charge in [0.15, 0.2) is 0 Å². The molecule has 2 aromatic rings. The largest absolute Gasteiger partial charge is 0.459 e. The van der Waals surface area contributed by atoms with Crippen LogP contribution in [0.3, 0.4) is 0 Å². The first-order chi connectivity index (χ1) is 8.61. The molecule has 96 valence electrons. The number of benzene rings is 1. The lowest BCUT2D eigenvalue weighted by Crippen LogP contribution is -2.16. The summed E-state index contributed by atoms with van der Waals surface area (Å²) in [4.78, 5) is 0. The molecule has 1 unspecified atom stereocenters. The molecule has 2 nitrogen and oxygen atoms in total. The van der Waals surface area contributed by atoms with Crippen molar-refractivity contribution < 1.29 is 8.81 Å². The Labute approximate surface area is 114 Å². The highest BCUT2D eigenvalue weighted by atomic mass is 79.9. The molecule has 0 amide bonds. The fourth-order valence-corrected chi connectivity index (χ4v) is 2.04. The number of hydrogen-bond acceptors (Lipinski definition) is 2. The summed E-state index contributed by atoms with van der Waals surface area (Å²) < 4.78 is 19.6. The van der Waals surface area contributed by atoms with Crippen molar-refractivity contribution in [3.63, 3.8) is 0 Å². The van der Waals surface area contributed by atoms with E-state index in [1.807, 2.05) is 32.0 Å². The maximum atomic E-state index is 13.5. The minimum atomic E-state index is -0.287. The fourth-order valence-electron chi connectivity index (χ4n) is 1.80. The quantitative estimate of drug-likeness (QED) is 0.898. The molecule has 1 aromatic heterocycles. The van der Waals surface area contributed by atoms with E-state index in [0.29, 0.717) is 10.2 Å². The number of hydrogen-bond donors (Lipinski definition) is 1. The van der Waals surface area contributed by atoms with Crippen LogP contribution in [0.25, 0.3) is 11.3 Å². The Morgan fingerprint density at radius 3 is 2.78 bits per heavy atom. The van der Waals surface area contributed by atoms with Crippen LogP contribution in [-0.2, 0) is 0 Å². The molecule has 0 aliphatic heterocycles. The van der Waals surface area contributed by atoms with E-state index in [1.165, 1.54) is 6.07 Å². The van der Waals surface area contributed by atoms with E-state index in [2.05, 4.69) is 21.2 Å². The summed E-state index contributed by atoms with van der Waals surface area (Å²) in [6.45, 7) is 4.96.